The summed E-state index contributed by atoms with van der Waals surface area (Å²) in [5.41, 5.74) is 2.06. The Morgan fingerprint density at radius 3 is 2.24 bits per heavy atom. The molecular formula is C34H44N2O5. The Bertz CT molecular complexity index is 1120. The van der Waals surface area contributed by atoms with Crippen LogP contribution in [0.15, 0.2) is 86.0 Å². The Morgan fingerprint density at radius 2 is 1.63 bits per heavy atom. The van der Waals surface area contributed by atoms with Crippen LogP contribution in [0.25, 0.3) is 0 Å². The standard InChI is InChI=1S/C34H44N2O5/c1-3-5-18-29(21-26-14-8-6-9-15-26)34(40)41-25-30(22-27-16-10-7-11-17-27)35-33(39)28(13-4-2)23-32(38)36-20-12-19-31(36)24-37/h3-4,6-11,14-17,28-31,37H,1-2,5,12-13,18-25H2,(H,35,39). The highest BCUT2D eigenvalue weighted by molar-refractivity contribution is 5.86. The Morgan fingerprint density at radius 1 is 0.976 bits per heavy atom. The molecule has 0 radical (unpaired) electrons. The Balaban J connectivity index is 1.68. The van der Waals surface area contributed by atoms with E-state index in [1.54, 1.807) is 17.1 Å². The number of ether oxygens (including phenoxy) is 1. The molecule has 2 amide bonds. The number of aliphatic hydroxyl groups is 1. The van der Waals surface area contributed by atoms with Crippen molar-refractivity contribution in [3.63, 3.8) is 0 Å². The first-order valence-corrected chi connectivity index (χ1v) is 14.6. The maximum absolute atomic E-state index is 13.5. The van der Waals surface area contributed by atoms with E-state index in [1.165, 1.54) is 0 Å². The molecule has 0 aromatic heterocycles. The van der Waals surface area contributed by atoms with Crippen molar-refractivity contribution >= 4 is 17.8 Å². The van der Waals surface area contributed by atoms with E-state index in [0.717, 1.165) is 24.0 Å². The minimum Gasteiger partial charge on any atom is -0.463 e. The number of hydrogen-bond donors (Lipinski definition) is 2. The van der Waals surface area contributed by atoms with E-state index < -0.39 is 12.0 Å². The van der Waals surface area contributed by atoms with Crippen molar-refractivity contribution in [3.05, 3.63) is 97.1 Å². The highest BCUT2D eigenvalue weighted by atomic mass is 16.5. The first-order valence-electron chi connectivity index (χ1n) is 14.6. The third kappa shape index (κ3) is 10.3. The van der Waals surface area contributed by atoms with Gasteiger partial charge in [-0.2, -0.15) is 0 Å². The maximum atomic E-state index is 13.5. The van der Waals surface area contributed by atoms with Crippen LogP contribution in [0.4, 0.5) is 0 Å². The summed E-state index contributed by atoms with van der Waals surface area (Å²) < 4.78 is 5.83. The van der Waals surface area contributed by atoms with Crippen molar-refractivity contribution in [2.24, 2.45) is 11.8 Å². The minimum atomic E-state index is -0.604. The lowest BCUT2D eigenvalue weighted by atomic mass is 9.95. The van der Waals surface area contributed by atoms with E-state index in [1.807, 2.05) is 60.7 Å². The van der Waals surface area contributed by atoms with Crippen molar-refractivity contribution in [3.8, 4) is 0 Å². The predicted octanol–water partition coefficient (Wildman–Crippen LogP) is 4.65. The van der Waals surface area contributed by atoms with Crippen LogP contribution in [0.5, 0.6) is 0 Å². The molecule has 41 heavy (non-hydrogen) atoms. The number of allylic oxidation sites excluding steroid dienone is 2. The second kappa shape index (κ2) is 17.2. The third-order valence-electron chi connectivity index (χ3n) is 7.63. The topological polar surface area (TPSA) is 95.9 Å². The Hall–Kier alpha value is -3.71. The van der Waals surface area contributed by atoms with E-state index >= 15 is 0 Å². The highest BCUT2D eigenvalue weighted by Gasteiger charge is 2.32. The number of aliphatic hydroxyl groups excluding tert-OH is 1. The molecule has 0 saturated carbocycles. The number of rotatable bonds is 17. The Kier molecular flexibility index (Phi) is 13.3. The van der Waals surface area contributed by atoms with Crippen LogP contribution in [-0.2, 0) is 32.0 Å². The fourth-order valence-corrected chi connectivity index (χ4v) is 5.36. The number of hydrogen-bond acceptors (Lipinski definition) is 5. The number of esters is 1. The summed E-state index contributed by atoms with van der Waals surface area (Å²) in [6.07, 6.45) is 7.80. The van der Waals surface area contributed by atoms with Crippen LogP contribution in [-0.4, -0.2) is 59.6 Å². The van der Waals surface area contributed by atoms with Crippen LogP contribution in [0.3, 0.4) is 0 Å². The zero-order chi connectivity index (χ0) is 29.5. The molecule has 220 valence electrons. The largest absolute Gasteiger partial charge is 0.463 e. The van der Waals surface area contributed by atoms with Crippen LogP contribution in [0.1, 0.15) is 49.7 Å². The van der Waals surface area contributed by atoms with E-state index in [2.05, 4.69) is 18.5 Å². The van der Waals surface area contributed by atoms with Gasteiger partial charge in [0.15, 0.2) is 0 Å². The number of benzene rings is 2. The fraction of sp³-hybridized carbons (Fsp3) is 0.441. The second-order valence-electron chi connectivity index (χ2n) is 10.8. The van der Waals surface area contributed by atoms with E-state index in [-0.39, 0.29) is 49.4 Å². The molecule has 0 aliphatic carbocycles. The van der Waals surface area contributed by atoms with Crippen LogP contribution in [0.2, 0.25) is 0 Å². The molecule has 3 rings (SSSR count). The number of amides is 2. The number of nitrogens with one attached hydrogen (secondary N) is 1. The van der Waals surface area contributed by atoms with Gasteiger partial charge in [-0.15, -0.1) is 13.2 Å². The molecule has 0 bridgehead atoms. The van der Waals surface area contributed by atoms with Gasteiger partial charge in [-0.05, 0) is 56.1 Å². The predicted molar refractivity (Wildman–Crippen MR) is 161 cm³/mol. The molecule has 1 heterocycles. The zero-order valence-electron chi connectivity index (χ0n) is 24.0. The summed E-state index contributed by atoms with van der Waals surface area (Å²) in [6.45, 7) is 8.11. The van der Waals surface area contributed by atoms with Crippen molar-refractivity contribution in [1.29, 1.82) is 0 Å². The van der Waals surface area contributed by atoms with Crippen molar-refractivity contribution < 1.29 is 24.2 Å². The Labute approximate surface area is 244 Å². The molecule has 2 N–H and O–H groups in total. The monoisotopic (exact) mass is 560 g/mol. The lowest BCUT2D eigenvalue weighted by Crippen LogP contribution is -2.45. The molecule has 7 heteroatoms. The smallest absolute Gasteiger partial charge is 0.309 e. The van der Waals surface area contributed by atoms with Gasteiger partial charge in [0.05, 0.1) is 30.5 Å². The van der Waals surface area contributed by atoms with Crippen molar-refractivity contribution in [2.45, 2.75) is 63.5 Å². The quantitative estimate of drug-likeness (QED) is 0.217. The molecule has 4 atom stereocenters. The normalized spacial score (nSPS) is 16.8. The van der Waals surface area contributed by atoms with E-state index in [0.29, 0.717) is 38.6 Å². The molecule has 4 unspecified atom stereocenters. The number of carbonyl (C=O) groups is 3. The average Bonchev–Trinajstić information content (AvgIpc) is 3.48. The molecule has 1 aliphatic heterocycles. The average molecular weight is 561 g/mol. The molecule has 0 spiro atoms. The highest BCUT2D eigenvalue weighted by Crippen LogP contribution is 2.21. The fourth-order valence-electron chi connectivity index (χ4n) is 5.36. The summed E-state index contributed by atoms with van der Waals surface area (Å²) in [5.74, 6) is -1.64. The lowest BCUT2D eigenvalue weighted by molar-refractivity contribution is -0.150. The number of carbonyl (C=O) groups excluding carboxylic acids is 3. The lowest BCUT2D eigenvalue weighted by Gasteiger charge is -2.26. The van der Waals surface area contributed by atoms with Crippen molar-refractivity contribution in [1.82, 2.24) is 10.2 Å². The van der Waals surface area contributed by atoms with Gasteiger partial charge < -0.3 is 20.1 Å². The molecule has 7 nitrogen and oxygen atoms in total. The summed E-state index contributed by atoms with van der Waals surface area (Å²) in [6, 6.07) is 18.9. The SMILES string of the molecule is C=CCCC(Cc1ccccc1)C(=O)OCC(Cc1ccccc1)NC(=O)C(CC=C)CC(=O)N1CCCC1CO. The molecule has 2 aromatic carbocycles. The summed E-state index contributed by atoms with van der Waals surface area (Å²) in [5, 5.41) is 12.7. The number of likely N-dealkylation sites (tertiary alicyclic amines) is 1. The summed E-state index contributed by atoms with van der Waals surface area (Å²) in [7, 11) is 0. The minimum absolute atomic E-state index is 0.0202. The second-order valence-corrected chi connectivity index (χ2v) is 10.8. The molecule has 1 saturated heterocycles. The molecule has 1 aliphatic rings. The molecular weight excluding hydrogens is 516 g/mol. The van der Waals surface area contributed by atoms with Crippen LogP contribution in [0, 0.1) is 11.8 Å². The van der Waals surface area contributed by atoms with E-state index in [9.17, 15) is 19.5 Å². The zero-order valence-corrected chi connectivity index (χ0v) is 24.0. The molecule has 1 fully saturated rings. The molecule has 2 aromatic rings. The van der Waals surface area contributed by atoms with Gasteiger partial charge in [-0.1, -0.05) is 72.8 Å². The van der Waals surface area contributed by atoms with Crippen LogP contribution >= 0.6 is 0 Å². The number of nitrogens with zero attached hydrogens (tertiary/aromatic N) is 1. The van der Waals surface area contributed by atoms with Gasteiger partial charge in [0.2, 0.25) is 11.8 Å². The summed E-state index contributed by atoms with van der Waals surface area (Å²) >= 11 is 0. The maximum Gasteiger partial charge on any atom is 0.309 e. The summed E-state index contributed by atoms with van der Waals surface area (Å²) in [4.78, 5) is 41.4. The van der Waals surface area contributed by atoms with Gasteiger partial charge in [0.1, 0.15) is 6.61 Å². The van der Waals surface area contributed by atoms with E-state index in [4.69, 9.17) is 4.74 Å². The third-order valence-corrected chi connectivity index (χ3v) is 7.63. The van der Waals surface area contributed by atoms with Crippen LogP contribution < -0.4 is 5.32 Å². The van der Waals surface area contributed by atoms with Gasteiger partial charge in [-0.3, -0.25) is 14.4 Å². The first kappa shape index (κ1) is 31.8. The van der Waals surface area contributed by atoms with Gasteiger partial charge in [0.25, 0.3) is 0 Å². The van der Waals surface area contributed by atoms with Gasteiger partial charge in [0, 0.05) is 13.0 Å². The van der Waals surface area contributed by atoms with Gasteiger partial charge >= 0.3 is 5.97 Å². The first-order chi connectivity index (χ1) is 19.9. The van der Waals surface area contributed by atoms with Gasteiger partial charge in [-0.25, -0.2) is 0 Å². The van der Waals surface area contributed by atoms with Crippen molar-refractivity contribution in [2.75, 3.05) is 19.8 Å².